The van der Waals surface area contributed by atoms with Gasteiger partial charge in [-0.05, 0) is 43.5 Å². The normalized spacial score (nSPS) is 26.8. The molecule has 1 N–H and O–H groups in total. The van der Waals surface area contributed by atoms with E-state index in [1.54, 1.807) is 26.0 Å². The number of hydrogen-bond acceptors (Lipinski definition) is 5. The van der Waals surface area contributed by atoms with E-state index in [0.29, 0.717) is 11.6 Å². The van der Waals surface area contributed by atoms with E-state index in [0.717, 1.165) is 11.6 Å². The summed E-state index contributed by atoms with van der Waals surface area (Å²) in [4.78, 5) is 13.7. The van der Waals surface area contributed by atoms with E-state index in [9.17, 15) is 13.6 Å². The van der Waals surface area contributed by atoms with Crippen molar-refractivity contribution < 1.29 is 32.5 Å². The Morgan fingerprint density at radius 2 is 1.92 bits per heavy atom. The summed E-state index contributed by atoms with van der Waals surface area (Å²) in [6.07, 6.45) is -1.19. The lowest BCUT2D eigenvalue weighted by Crippen LogP contribution is -2.60. The highest BCUT2D eigenvalue weighted by molar-refractivity contribution is 6.30. The van der Waals surface area contributed by atoms with Gasteiger partial charge in [0.1, 0.15) is 17.7 Å². The fourth-order valence-electron chi connectivity index (χ4n) is 4.85. The van der Waals surface area contributed by atoms with E-state index in [1.165, 1.54) is 12.1 Å². The van der Waals surface area contributed by atoms with E-state index in [2.05, 4.69) is 5.32 Å². The predicted molar refractivity (Wildman–Crippen MR) is 135 cm³/mol. The minimum atomic E-state index is -1.28. The van der Waals surface area contributed by atoms with Crippen molar-refractivity contribution in [3.63, 3.8) is 0 Å². The molecular weight excluding hydrogens is 504 g/mol. The van der Waals surface area contributed by atoms with Gasteiger partial charge in [-0.3, -0.25) is 4.79 Å². The lowest BCUT2D eigenvalue weighted by molar-refractivity contribution is -0.183. The van der Waals surface area contributed by atoms with Gasteiger partial charge in [0.25, 0.3) is 5.91 Å². The fourth-order valence-corrected chi connectivity index (χ4v) is 5.06. The highest BCUT2D eigenvalue weighted by atomic mass is 35.5. The molecule has 1 saturated carbocycles. The molecule has 2 aromatic rings. The molecule has 2 fully saturated rings. The van der Waals surface area contributed by atoms with E-state index >= 15 is 0 Å². The van der Waals surface area contributed by atoms with Crippen LogP contribution in [-0.2, 0) is 37.0 Å². The average Bonchev–Trinajstić information content (AvgIpc) is 3.14. The lowest BCUT2D eigenvalue weighted by Gasteiger charge is -2.43. The third-order valence-electron chi connectivity index (χ3n) is 6.61. The van der Waals surface area contributed by atoms with Gasteiger partial charge in [-0.2, -0.15) is 0 Å². The smallest absolute Gasteiger partial charge is 0.252 e. The number of hydrogen-bond donors (Lipinski definition) is 1. The number of benzene rings is 2. The number of carbonyl (C=O) groups is 1. The van der Waals surface area contributed by atoms with Crippen LogP contribution in [0.1, 0.15) is 51.7 Å². The van der Waals surface area contributed by atoms with Crippen LogP contribution in [-0.4, -0.2) is 42.2 Å². The van der Waals surface area contributed by atoms with Crippen LogP contribution >= 0.6 is 11.6 Å². The van der Waals surface area contributed by atoms with Crippen LogP contribution in [0.4, 0.5) is 8.78 Å². The molecule has 0 radical (unpaired) electrons. The molecule has 0 aromatic heterocycles. The van der Waals surface area contributed by atoms with Gasteiger partial charge in [0.05, 0.1) is 25.4 Å². The van der Waals surface area contributed by atoms with Gasteiger partial charge < -0.3 is 24.3 Å². The van der Waals surface area contributed by atoms with Crippen LogP contribution in [0.3, 0.4) is 0 Å². The van der Waals surface area contributed by atoms with Crippen LogP contribution in [0.15, 0.2) is 42.5 Å². The quantitative estimate of drug-likeness (QED) is 0.454. The van der Waals surface area contributed by atoms with Crippen molar-refractivity contribution in [1.29, 1.82) is 0 Å². The summed E-state index contributed by atoms with van der Waals surface area (Å²) in [5.41, 5.74) is -0.259. The van der Waals surface area contributed by atoms with Crippen LogP contribution in [0.5, 0.6) is 0 Å². The Morgan fingerprint density at radius 3 is 2.62 bits per heavy atom. The number of carbonyl (C=O) groups excluding carboxylic acids is 1. The summed E-state index contributed by atoms with van der Waals surface area (Å²) >= 11 is 6.15. The van der Waals surface area contributed by atoms with Gasteiger partial charge in [-0.1, -0.05) is 43.6 Å². The summed E-state index contributed by atoms with van der Waals surface area (Å²) < 4.78 is 52.6. The molecule has 9 heteroatoms. The maximum Gasteiger partial charge on any atom is 0.252 e. The molecule has 4 atom stereocenters. The predicted octanol–water partition coefficient (Wildman–Crippen LogP) is 5.55. The molecule has 202 valence electrons. The maximum absolute atomic E-state index is 14.3. The summed E-state index contributed by atoms with van der Waals surface area (Å²) in [6, 6.07) is 10.6. The third kappa shape index (κ3) is 6.86. The first-order valence-electron chi connectivity index (χ1n) is 12.5. The Hall–Kier alpha value is -2.10. The summed E-state index contributed by atoms with van der Waals surface area (Å²) in [6.45, 7) is 8.13. The highest BCUT2D eigenvalue weighted by Crippen LogP contribution is 2.44. The Labute approximate surface area is 221 Å². The van der Waals surface area contributed by atoms with Crippen molar-refractivity contribution in [1.82, 2.24) is 5.32 Å². The monoisotopic (exact) mass is 537 g/mol. The molecule has 1 heterocycles. The van der Waals surface area contributed by atoms with Crippen molar-refractivity contribution >= 4 is 17.5 Å². The van der Waals surface area contributed by atoms with Gasteiger partial charge in [0.2, 0.25) is 0 Å². The number of ether oxygens (including phenoxy) is 4. The molecule has 0 unspecified atom stereocenters. The molecule has 0 spiro atoms. The minimum absolute atomic E-state index is 0.123. The Bertz CT molecular complexity index is 1110. The Balaban J connectivity index is 1.61. The number of rotatable bonds is 9. The van der Waals surface area contributed by atoms with Crippen LogP contribution < -0.4 is 5.32 Å². The lowest BCUT2D eigenvalue weighted by atomic mass is 9.78. The molecule has 0 bridgehead atoms. The Morgan fingerprint density at radius 1 is 1.14 bits per heavy atom. The number of nitrogens with one attached hydrogen (secondary N) is 1. The summed E-state index contributed by atoms with van der Waals surface area (Å²) in [5.74, 6) is -2.28. The molecule has 2 aromatic carbocycles. The van der Waals surface area contributed by atoms with Gasteiger partial charge in [-0.25, -0.2) is 8.78 Å². The van der Waals surface area contributed by atoms with E-state index in [-0.39, 0.29) is 43.4 Å². The number of fused-ring (bicyclic) bond motifs is 1. The first-order chi connectivity index (χ1) is 17.5. The summed E-state index contributed by atoms with van der Waals surface area (Å²) in [7, 11) is 0. The van der Waals surface area contributed by atoms with Gasteiger partial charge in [-0.15, -0.1) is 0 Å². The molecule has 6 nitrogen and oxygen atoms in total. The highest BCUT2D eigenvalue weighted by Gasteiger charge is 2.58. The van der Waals surface area contributed by atoms with Crippen molar-refractivity contribution in [3.05, 3.63) is 70.2 Å². The average molecular weight is 538 g/mol. The van der Waals surface area contributed by atoms with Gasteiger partial charge in [0.15, 0.2) is 11.4 Å². The second-order valence-electron chi connectivity index (χ2n) is 10.6. The minimum Gasteiger partial charge on any atom is -0.370 e. The van der Waals surface area contributed by atoms with E-state index in [1.807, 2.05) is 26.0 Å². The molecule has 1 aliphatic carbocycles. The molecule has 1 aliphatic heterocycles. The standard InChI is InChI=1S/C28H34ClF2NO5/c1-17(2)14-32-26(33)28(35-15-18-6-5-7-20(29)10-18)12-23(25-24(13-28)36-27(3,4)37-25)34-16-19-8-9-21(30)11-22(19)31/h5-11,17,23-25H,12-16H2,1-4H3,(H,32,33)/t23-,24-,25+,28-/m1/s1. The molecular formula is C28H34ClF2NO5. The van der Waals surface area contributed by atoms with Crippen molar-refractivity contribution in [2.75, 3.05) is 6.54 Å². The molecule has 2 aliphatic rings. The van der Waals surface area contributed by atoms with Crippen LogP contribution in [0, 0.1) is 17.6 Å². The molecule has 1 amide bonds. The van der Waals surface area contributed by atoms with Crippen molar-refractivity contribution in [2.24, 2.45) is 5.92 Å². The second kappa shape index (κ2) is 11.3. The largest absolute Gasteiger partial charge is 0.370 e. The molecule has 37 heavy (non-hydrogen) atoms. The van der Waals surface area contributed by atoms with Crippen LogP contribution in [0.25, 0.3) is 0 Å². The number of halogens is 3. The molecule has 4 rings (SSSR count). The zero-order valence-electron chi connectivity index (χ0n) is 21.6. The van der Waals surface area contributed by atoms with Crippen LogP contribution in [0.2, 0.25) is 5.02 Å². The van der Waals surface area contributed by atoms with E-state index < -0.39 is 41.3 Å². The van der Waals surface area contributed by atoms with E-state index in [4.69, 9.17) is 30.5 Å². The number of amides is 1. The SMILES string of the molecule is CC(C)CNC(=O)[C@@]1(OCc2cccc(Cl)c2)C[C@@H](OCc2ccc(F)cc2F)[C@@H]2OC(C)(C)O[C@@H]2C1. The Kier molecular flexibility index (Phi) is 8.55. The van der Waals surface area contributed by atoms with Crippen molar-refractivity contribution in [3.8, 4) is 0 Å². The fraction of sp³-hybridized carbons (Fsp3) is 0.536. The third-order valence-corrected chi connectivity index (χ3v) is 6.84. The van der Waals surface area contributed by atoms with Gasteiger partial charge in [0, 0.05) is 36.0 Å². The zero-order valence-corrected chi connectivity index (χ0v) is 22.3. The second-order valence-corrected chi connectivity index (χ2v) is 11.1. The topological polar surface area (TPSA) is 66.0 Å². The maximum atomic E-state index is 14.3. The molecule has 1 saturated heterocycles. The zero-order chi connectivity index (χ0) is 26.8. The first kappa shape index (κ1) is 27.9. The first-order valence-corrected chi connectivity index (χ1v) is 12.9. The summed E-state index contributed by atoms with van der Waals surface area (Å²) in [5, 5.41) is 3.58. The van der Waals surface area contributed by atoms with Crippen molar-refractivity contribution in [2.45, 2.75) is 83.5 Å². The van der Waals surface area contributed by atoms with Gasteiger partial charge >= 0.3 is 0 Å².